The van der Waals surface area contributed by atoms with Crippen molar-refractivity contribution in [1.29, 1.82) is 0 Å². The van der Waals surface area contributed by atoms with Gasteiger partial charge >= 0.3 is 95.8 Å². The molecule has 6 saturated heterocycles. The van der Waals surface area contributed by atoms with E-state index >= 15 is 0 Å². The molecule has 9 fully saturated rings. The van der Waals surface area contributed by atoms with Gasteiger partial charge in [-0.15, -0.1) is 0 Å². The topological polar surface area (TPSA) is 614 Å². The molecule has 1 aromatic rings. The van der Waals surface area contributed by atoms with Crippen LogP contribution in [-0.2, 0) is 95.3 Å². The van der Waals surface area contributed by atoms with E-state index in [1.54, 1.807) is 102 Å². The monoisotopic (exact) mass is 1970 g/mol. The van der Waals surface area contributed by atoms with Gasteiger partial charge in [0.2, 0.25) is 0 Å². The van der Waals surface area contributed by atoms with Crippen molar-refractivity contribution in [2.24, 2.45) is 38.8 Å². The number of carboxylic acid groups (broad SMARTS) is 1. The second kappa shape index (κ2) is 64.1. The molecule has 0 spiro atoms. The molecule has 12 atom stereocenters. The van der Waals surface area contributed by atoms with Crippen molar-refractivity contribution in [3.8, 4) is 0 Å². The van der Waals surface area contributed by atoms with Gasteiger partial charge in [0.25, 0.3) is 10.1 Å². The molecule has 3 amide bonds. The number of carbonyl (C=O) groups is 11. The zero-order valence-electron chi connectivity index (χ0n) is 81.8. The molecule has 136 heavy (non-hydrogen) atoms. The molecule has 10 rings (SSSR count). The van der Waals surface area contributed by atoms with Crippen LogP contribution < -0.4 is 40.6 Å². The number of carboxylic acids is 1. The third kappa shape index (κ3) is 48.3. The summed E-state index contributed by atoms with van der Waals surface area (Å²) in [5, 5.41) is 30.5. The average molecular weight is 1970 g/mol. The number of β-amino-alcohol motifs (C(OH)–C–C–N with tert-alkyl or cyclic N) is 1. The number of ether oxygens (including phenoxy) is 9. The van der Waals surface area contributed by atoms with E-state index in [4.69, 9.17) is 90.1 Å². The van der Waals surface area contributed by atoms with Gasteiger partial charge in [0, 0.05) is 78.8 Å². The largest absolute Gasteiger partial charge is 1.00 e. The summed E-state index contributed by atoms with van der Waals surface area (Å²) in [4.78, 5) is 144. The fraction of sp³-hybridized carbons (Fsp3) is 0.805. The summed E-state index contributed by atoms with van der Waals surface area (Å²) >= 11 is 0. The Labute approximate surface area is 816 Å². The van der Waals surface area contributed by atoms with Gasteiger partial charge in [-0.1, -0.05) is 90.8 Å². The summed E-state index contributed by atoms with van der Waals surface area (Å²) in [6.45, 7) is 34.0. The van der Waals surface area contributed by atoms with Crippen LogP contribution in [0.1, 0.15) is 244 Å². The Morgan fingerprint density at radius 2 is 0.824 bits per heavy atom. The molecule has 9 aliphatic rings. The van der Waals surface area contributed by atoms with Gasteiger partial charge in [-0.25, -0.2) is 33.6 Å². The number of likely N-dealkylation sites (tertiary alicyclic amines) is 5. The van der Waals surface area contributed by atoms with Crippen molar-refractivity contribution in [3.63, 3.8) is 0 Å². The average Bonchev–Trinajstić information content (AvgIpc) is 1.63. The molecule has 49 heteroatoms. The predicted octanol–water partition coefficient (Wildman–Crippen LogP) is 11.1. The second-order valence-electron chi connectivity index (χ2n) is 36.2. The maximum Gasteiger partial charge on any atom is 1.00 e. The van der Waals surface area contributed by atoms with E-state index in [9.17, 15) is 74.6 Å². The number of aliphatic carboxylic acids is 1. The van der Waals surface area contributed by atoms with Gasteiger partial charge in [0.15, 0.2) is 0 Å². The zero-order valence-corrected chi connectivity index (χ0v) is 84.6. The van der Waals surface area contributed by atoms with Crippen molar-refractivity contribution in [1.82, 2.24) is 29.8 Å². The molecule has 3 saturated carbocycles. The number of esters is 6. The van der Waals surface area contributed by atoms with Crippen molar-refractivity contribution in [2.45, 2.75) is 346 Å². The Morgan fingerprint density at radius 1 is 0.485 bits per heavy atom. The zero-order chi connectivity index (χ0) is 102. The number of aryl methyl sites for hydroxylation is 1. The van der Waals surface area contributed by atoms with E-state index in [2.05, 4.69) is 45.2 Å². The van der Waals surface area contributed by atoms with E-state index in [1.807, 2.05) is 20.8 Å². The number of rotatable bonds is 23. The summed E-state index contributed by atoms with van der Waals surface area (Å²) in [6, 6.07) is 2.58. The minimum absolute atomic E-state index is 0. The first-order valence-electron chi connectivity index (χ1n) is 46.0. The molecule has 764 valence electrons. The third-order valence-corrected chi connectivity index (χ3v) is 23.1. The molecular formula is C87H143F3N19NaO25S. The molecule has 6 heterocycles. The molecule has 0 aromatic heterocycles. The number of hydrogen-bond donors (Lipinski definition) is 4. The van der Waals surface area contributed by atoms with Crippen LogP contribution in [0.15, 0.2) is 44.5 Å². The van der Waals surface area contributed by atoms with E-state index < -0.39 is 112 Å². The van der Waals surface area contributed by atoms with Crippen LogP contribution in [-0.4, -0.2) is 297 Å². The second-order valence-corrected chi connectivity index (χ2v) is 37.8. The van der Waals surface area contributed by atoms with Gasteiger partial charge in [-0.2, -0.15) is 21.6 Å². The van der Waals surface area contributed by atoms with Crippen LogP contribution in [0, 0.1) is 24.7 Å². The number of nitrogens with two attached hydrogens (primary N) is 1. The van der Waals surface area contributed by atoms with Crippen LogP contribution in [0.3, 0.4) is 0 Å². The summed E-state index contributed by atoms with van der Waals surface area (Å²) in [6.07, 6.45) is 14.1. The minimum atomic E-state index is -5.08. The first kappa shape index (κ1) is 125. The smallest absolute Gasteiger partial charge is 0.475 e. The predicted molar refractivity (Wildman–Crippen MR) is 486 cm³/mol. The Hall–Kier alpha value is -9.27. The Bertz CT molecular complexity index is 4170. The molecule has 44 nitrogen and oxygen atoms in total. The van der Waals surface area contributed by atoms with Crippen molar-refractivity contribution >= 4 is 76.5 Å². The number of carbonyl (C=O) groups excluding carboxylic acids is 10. The molecule has 5 N–H and O–H groups in total. The first-order chi connectivity index (χ1) is 63.5. The standard InChI is InChI=1S/C19H27NO7S.C14H24N4O2.C14H26N2O2.C12H20N4O4.C12H21NO5.C7H12N4O2.C7H12O.C2HF3O2.N3.Na/c1-6-25-17(21)16-11-14(12-20(16)18(22)26-19(3,4)5)27-28(23,24)15-9-7-13(2)8-10-15;1-2-20-14(19)13-8-12(16-17-15)10-18(13)9-11-6-4-3-5-7-11;1-2-18-14(17)13-8-12(15)10-16(13)9-11-6-4-3-5-7-11;1-5-19-10(17)9-6-8(14-15-13)7-16(9)11(18)20-12(2,3)4;1-5-17-10(15)9-6-8(14)7-13(9)11(16)18-12(2,3)4;1-2-13-7(12)6-3-5(4-9-6)10-11-8;8-6-7-4-2-1-3-5-7;3-2(4,5)1(6)7;1-3-2;/h7-10,14,16H,6,11-12H2,1-5H3;11-13H,2-10H2,1H3;11-13H,2-10,15H2,1H3;8-9H,5-7H2,1-4H3;8-9,14H,5-7H2,1-4H3;5-6,9H,2-4H2,1H3;6-7H,1-5H2;(H,6,7);;/q;;;;;;;;-1;+1/t14-,16+;2*12-,13-;8-,9-;8-,9+;5-,6-;;;;/m100010..../s1. The normalized spacial score (nSPS) is 23.3. The van der Waals surface area contributed by atoms with Gasteiger partial charge in [0.05, 0.1) is 88.0 Å². The molecule has 0 radical (unpaired) electrons. The fourth-order valence-electron chi connectivity index (χ4n) is 15.9. The molecule has 6 aliphatic heterocycles. The van der Waals surface area contributed by atoms with Crippen LogP contribution in [0.4, 0.5) is 27.6 Å². The van der Waals surface area contributed by atoms with Crippen LogP contribution >= 0.6 is 0 Å². The number of aliphatic hydroxyl groups excluding tert-OH is 1. The maximum absolute atomic E-state index is 12.5. The number of aliphatic hydroxyl groups is 1. The summed E-state index contributed by atoms with van der Waals surface area (Å²) in [7, 11) is -4.04. The van der Waals surface area contributed by atoms with Crippen molar-refractivity contribution < 1.29 is 161 Å². The quantitative estimate of drug-likeness (QED) is 0.0116. The maximum atomic E-state index is 12.5. The fourth-order valence-corrected chi connectivity index (χ4v) is 16.9. The number of halogens is 3. The Kier molecular flexibility index (Phi) is 58.8. The van der Waals surface area contributed by atoms with E-state index in [0.29, 0.717) is 57.6 Å². The van der Waals surface area contributed by atoms with Gasteiger partial charge < -0.3 is 79.8 Å². The number of alkyl halides is 3. The molecule has 0 unspecified atom stereocenters. The van der Waals surface area contributed by atoms with Crippen LogP contribution in [0.5, 0.6) is 0 Å². The third-order valence-electron chi connectivity index (χ3n) is 21.7. The Balaban J connectivity index is 0.000000792. The van der Waals surface area contributed by atoms with Crippen LogP contribution in [0.2, 0.25) is 0 Å². The van der Waals surface area contributed by atoms with Crippen LogP contribution in [0.25, 0.3) is 47.3 Å². The van der Waals surface area contributed by atoms with Gasteiger partial charge in [-0.3, -0.25) is 48.0 Å². The number of nitrogens with one attached hydrogen (secondary N) is 1. The molecule has 0 bridgehead atoms. The number of amides is 3. The van der Waals surface area contributed by atoms with E-state index in [1.165, 1.54) is 115 Å². The number of nitrogens with zero attached hydrogens (tertiary/aromatic N) is 17. The molecule has 3 aliphatic carbocycles. The Morgan fingerprint density at radius 3 is 1.21 bits per heavy atom. The van der Waals surface area contributed by atoms with E-state index in [-0.39, 0.29) is 147 Å². The number of hydrogen-bond acceptors (Lipinski definition) is 31. The molecule has 1 aromatic carbocycles. The summed E-state index contributed by atoms with van der Waals surface area (Å²) < 4.78 is 108. The number of aldehydes is 1. The minimum Gasteiger partial charge on any atom is -0.475 e. The summed E-state index contributed by atoms with van der Waals surface area (Å²) in [5.74, 6) is -3.07. The van der Waals surface area contributed by atoms with E-state index in [0.717, 1.165) is 56.7 Å². The van der Waals surface area contributed by atoms with Gasteiger partial charge in [-0.05, 0) is 216 Å². The first-order valence-corrected chi connectivity index (χ1v) is 47.4. The van der Waals surface area contributed by atoms with Crippen molar-refractivity contribution in [3.05, 3.63) is 77.1 Å². The van der Waals surface area contributed by atoms with Crippen molar-refractivity contribution in [2.75, 3.05) is 92.0 Å². The summed E-state index contributed by atoms with van der Waals surface area (Å²) in [5.41, 5.74) is 43.6. The van der Waals surface area contributed by atoms with Gasteiger partial charge in [0.1, 0.15) is 59.3 Å². The molecular weight excluding hydrogens is 1820 g/mol. The number of azide groups is 3. The number of benzene rings is 1. The SMILES string of the molecule is CCOC(=O)[C@@H]1C[C@@H](O)CN1C(=O)OC(C)(C)C.CCOC(=O)[C@@H]1C[C@@H](OS(=O)(=O)c2ccc(C)cc2)CN1C(=O)OC(C)(C)C.CCOC(=O)[C@@H]1C[C@H](N)CN1CC1CCCCC1.CCOC(=O)[C@@H]1C[C@H](N=[N+]=[N-])CN1.CCOC(=O)[C@@H]1C[C@H](N=[N+]=[N-])CN1C(=O)OC(C)(C)C.CCOC(=O)[C@@H]1C[C@H](N=[N+]=[N-])CN1CC1CCCCC1.O=C(O)C(F)(F)F.O=CC1CCCCC1.[N-]=[N+]=[N-].[Na+].